The van der Waals surface area contributed by atoms with E-state index in [0.717, 1.165) is 42.8 Å². The van der Waals surface area contributed by atoms with Crippen molar-refractivity contribution in [3.8, 4) is 5.75 Å². The van der Waals surface area contributed by atoms with Gasteiger partial charge in [0.15, 0.2) is 0 Å². The molecule has 1 heterocycles. The van der Waals surface area contributed by atoms with E-state index in [1.54, 1.807) is 0 Å². The second-order valence-electron chi connectivity index (χ2n) is 7.53. The van der Waals surface area contributed by atoms with Crippen molar-refractivity contribution in [2.45, 2.75) is 44.8 Å². The Bertz CT molecular complexity index is 726. The third-order valence-corrected chi connectivity index (χ3v) is 5.32. The van der Waals surface area contributed by atoms with Gasteiger partial charge in [-0.05, 0) is 55.6 Å². The van der Waals surface area contributed by atoms with Crippen molar-refractivity contribution < 1.29 is 19.4 Å². The number of benzene rings is 2. The summed E-state index contributed by atoms with van der Waals surface area (Å²) in [5.74, 6) is 0.595. The van der Waals surface area contributed by atoms with Crippen LogP contribution in [0.25, 0.3) is 0 Å². The zero-order valence-electron chi connectivity index (χ0n) is 17.0. The van der Waals surface area contributed by atoms with Crippen LogP contribution >= 0.6 is 0 Å². The van der Waals surface area contributed by atoms with Crippen LogP contribution in [0, 0.1) is 0 Å². The minimum absolute atomic E-state index is 0.00990. The Morgan fingerprint density at radius 3 is 2.38 bits per heavy atom. The van der Waals surface area contributed by atoms with Crippen LogP contribution in [-0.4, -0.2) is 48.3 Å². The molecule has 1 aliphatic heterocycles. The molecule has 0 spiro atoms. The number of nitrogens with zero attached hydrogens (tertiary/aromatic N) is 1. The van der Waals surface area contributed by atoms with E-state index in [9.17, 15) is 4.79 Å². The lowest BCUT2D eigenvalue weighted by atomic mass is 10.1. The normalized spacial score (nSPS) is 15.6. The highest BCUT2D eigenvalue weighted by molar-refractivity contribution is 5.70. The second-order valence-corrected chi connectivity index (χ2v) is 7.53. The molecule has 2 aromatic rings. The van der Waals surface area contributed by atoms with E-state index < -0.39 is 0 Å². The fraction of sp³-hybridized carbons (Fsp3) is 0.458. The third-order valence-electron chi connectivity index (χ3n) is 5.32. The number of hydrogen-bond donors (Lipinski definition) is 1. The molecule has 0 radical (unpaired) electrons. The van der Waals surface area contributed by atoms with Gasteiger partial charge in [-0.15, -0.1) is 0 Å². The highest BCUT2D eigenvalue weighted by Gasteiger charge is 2.24. The van der Waals surface area contributed by atoms with E-state index in [-0.39, 0.29) is 18.6 Å². The van der Waals surface area contributed by atoms with Crippen LogP contribution in [0.2, 0.25) is 0 Å². The number of aliphatic hydroxyl groups excluding tert-OH is 1. The Morgan fingerprint density at radius 2 is 1.69 bits per heavy atom. The van der Waals surface area contributed by atoms with Gasteiger partial charge in [-0.1, -0.05) is 48.9 Å². The van der Waals surface area contributed by atoms with E-state index in [4.69, 9.17) is 14.6 Å². The maximum absolute atomic E-state index is 12.5. The zero-order valence-corrected chi connectivity index (χ0v) is 17.0. The molecule has 5 nitrogen and oxygen atoms in total. The summed E-state index contributed by atoms with van der Waals surface area (Å²) >= 11 is 0. The summed E-state index contributed by atoms with van der Waals surface area (Å²) in [6.45, 7) is 2.90. The molecule has 0 bridgehead atoms. The van der Waals surface area contributed by atoms with E-state index in [0.29, 0.717) is 26.1 Å². The largest absolute Gasteiger partial charge is 0.492 e. The monoisotopic (exact) mass is 397 g/mol. The van der Waals surface area contributed by atoms with Crippen molar-refractivity contribution in [1.82, 2.24) is 4.90 Å². The summed E-state index contributed by atoms with van der Waals surface area (Å²) < 4.78 is 11.5. The minimum atomic E-state index is -0.189. The van der Waals surface area contributed by atoms with Crippen LogP contribution in [0.3, 0.4) is 0 Å². The lowest BCUT2D eigenvalue weighted by Gasteiger charge is -2.34. The number of piperidine rings is 1. The average molecular weight is 398 g/mol. The smallest absolute Gasteiger partial charge is 0.307 e. The summed E-state index contributed by atoms with van der Waals surface area (Å²) in [5, 5.41) is 9.03. The maximum atomic E-state index is 12.5. The molecule has 156 valence electrons. The first-order chi connectivity index (χ1) is 14.2. The number of carbonyl (C=O) groups is 1. The lowest BCUT2D eigenvalue weighted by Crippen LogP contribution is -2.44. The molecular weight excluding hydrogens is 366 g/mol. The fourth-order valence-corrected chi connectivity index (χ4v) is 3.64. The molecule has 1 saturated heterocycles. The van der Waals surface area contributed by atoms with Crippen molar-refractivity contribution in [2.24, 2.45) is 0 Å². The number of esters is 1. The summed E-state index contributed by atoms with van der Waals surface area (Å²) in [6, 6.07) is 17.5. The van der Waals surface area contributed by atoms with E-state index in [2.05, 4.69) is 4.90 Å². The molecule has 3 rings (SSSR count). The van der Waals surface area contributed by atoms with Gasteiger partial charge in [0.2, 0.25) is 0 Å². The summed E-state index contributed by atoms with van der Waals surface area (Å²) in [4.78, 5) is 14.8. The Hall–Kier alpha value is -2.37. The van der Waals surface area contributed by atoms with Gasteiger partial charge in [-0.25, -0.2) is 0 Å². The molecule has 0 aromatic heterocycles. The quantitative estimate of drug-likeness (QED) is 0.621. The van der Waals surface area contributed by atoms with Crippen molar-refractivity contribution in [2.75, 3.05) is 26.3 Å². The van der Waals surface area contributed by atoms with Crippen LogP contribution in [0.15, 0.2) is 54.6 Å². The van der Waals surface area contributed by atoms with Crippen molar-refractivity contribution in [3.63, 3.8) is 0 Å². The number of likely N-dealkylation sites (tertiary alicyclic amines) is 1. The van der Waals surface area contributed by atoms with E-state index in [1.807, 2.05) is 54.6 Å². The summed E-state index contributed by atoms with van der Waals surface area (Å²) in [5.41, 5.74) is 2.08. The molecule has 1 N–H and O–H groups in total. The second kappa shape index (κ2) is 11.6. The molecule has 1 aliphatic rings. The predicted molar refractivity (Wildman–Crippen MR) is 113 cm³/mol. The summed E-state index contributed by atoms with van der Waals surface area (Å²) in [7, 11) is 0. The first-order valence-electron chi connectivity index (χ1n) is 10.5. The fourth-order valence-electron chi connectivity index (χ4n) is 3.64. The molecule has 29 heavy (non-hydrogen) atoms. The standard InChI is InChI=1S/C24H31NO4/c26-16-13-20-9-11-23(12-10-20)28-19-22(25-14-5-2-6-15-25)17-24(27)29-18-21-7-3-1-4-8-21/h1,3-4,7-12,22,26H,2,5-6,13-19H2. The minimum Gasteiger partial charge on any atom is -0.492 e. The van der Waals surface area contributed by atoms with Crippen LogP contribution < -0.4 is 4.74 Å². The van der Waals surface area contributed by atoms with Gasteiger partial charge in [-0.3, -0.25) is 9.69 Å². The Kier molecular flexibility index (Phi) is 8.53. The molecule has 2 aromatic carbocycles. The molecule has 0 saturated carbocycles. The molecule has 1 fully saturated rings. The molecular formula is C24H31NO4. The topological polar surface area (TPSA) is 59.0 Å². The van der Waals surface area contributed by atoms with Gasteiger partial charge in [0, 0.05) is 6.61 Å². The van der Waals surface area contributed by atoms with Gasteiger partial charge < -0.3 is 14.6 Å². The third kappa shape index (κ3) is 7.18. The van der Waals surface area contributed by atoms with Crippen molar-refractivity contribution in [3.05, 3.63) is 65.7 Å². The van der Waals surface area contributed by atoms with Gasteiger partial charge >= 0.3 is 5.97 Å². The molecule has 1 unspecified atom stereocenters. The van der Waals surface area contributed by atoms with Crippen molar-refractivity contribution >= 4 is 5.97 Å². The number of aliphatic hydroxyl groups is 1. The number of ether oxygens (including phenoxy) is 2. The van der Waals surface area contributed by atoms with Gasteiger partial charge in [0.05, 0.1) is 12.5 Å². The highest BCUT2D eigenvalue weighted by Crippen LogP contribution is 2.18. The zero-order chi connectivity index (χ0) is 20.3. The lowest BCUT2D eigenvalue weighted by molar-refractivity contribution is -0.146. The average Bonchev–Trinajstić information content (AvgIpc) is 2.78. The Morgan fingerprint density at radius 1 is 0.966 bits per heavy atom. The molecule has 1 atom stereocenters. The van der Waals surface area contributed by atoms with Crippen molar-refractivity contribution in [1.29, 1.82) is 0 Å². The summed E-state index contributed by atoms with van der Waals surface area (Å²) in [6.07, 6.45) is 4.53. The molecule has 0 aliphatic carbocycles. The van der Waals surface area contributed by atoms with Gasteiger partial charge in [0.25, 0.3) is 0 Å². The molecule has 5 heteroatoms. The number of carbonyl (C=O) groups excluding carboxylic acids is 1. The highest BCUT2D eigenvalue weighted by atomic mass is 16.5. The van der Waals surface area contributed by atoms with Crippen LogP contribution in [0.1, 0.15) is 36.8 Å². The Labute approximate surface area is 173 Å². The van der Waals surface area contributed by atoms with Crippen LogP contribution in [0.4, 0.5) is 0 Å². The maximum Gasteiger partial charge on any atom is 0.307 e. The Balaban J connectivity index is 1.54. The number of rotatable bonds is 10. The van der Waals surface area contributed by atoms with Gasteiger partial charge in [0.1, 0.15) is 19.0 Å². The van der Waals surface area contributed by atoms with Crippen LogP contribution in [0.5, 0.6) is 5.75 Å². The van der Waals surface area contributed by atoms with E-state index >= 15 is 0 Å². The first kappa shape index (κ1) is 21.3. The van der Waals surface area contributed by atoms with Gasteiger partial charge in [-0.2, -0.15) is 0 Å². The predicted octanol–water partition coefficient (Wildman–Crippen LogP) is 3.59. The van der Waals surface area contributed by atoms with Crippen LogP contribution in [-0.2, 0) is 22.6 Å². The first-order valence-corrected chi connectivity index (χ1v) is 10.5. The number of hydrogen-bond acceptors (Lipinski definition) is 5. The molecule has 0 amide bonds. The van der Waals surface area contributed by atoms with E-state index in [1.165, 1.54) is 6.42 Å². The SMILES string of the molecule is O=C(CC(COc1ccc(CCO)cc1)N1CCCCC1)OCc1ccccc1.